The molecule has 1 spiro atoms. The molecule has 1 saturated carbocycles. The fraction of sp³-hybridized carbons (Fsp3) is 0.325. The Labute approximate surface area is 309 Å². The summed E-state index contributed by atoms with van der Waals surface area (Å²) in [5.74, 6) is -8.07. The van der Waals surface area contributed by atoms with Crippen LogP contribution in [0.5, 0.6) is 23.0 Å². The number of carbonyl (C=O) groups excluding carboxylic acids is 2. The normalized spacial score (nSPS) is 30.0. The molecule has 1 saturated heterocycles. The summed E-state index contributed by atoms with van der Waals surface area (Å²) < 4.78 is 18.7. The number of aliphatic carboxylic acids is 1. The van der Waals surface area contributed by atoms with Gasteiger partial charge in [0.25, 0.3) is 0 Å². The number of aromatic hydroxyl groups is 4. The number of hydrogen-bond acceptors (Lipinski definition) is 13. The highest BCUT2D eigenvalue weighted by molar-refractivity contribution is 5.89. The number of likely N-dealkylation sites (N-methyl/N-ethyl adjacent to an activating group) is 1. The maximum absolute atomic E-state index is 14.0. The van der Waals surface area contributed by atoms with Crippen LogP contribution in [0.2, 0.25) is 0 Å². The minimum absolute atomic E-state index is 0.195. The number of fused-ring (bicyclic) bond motifs is 1. The Balaban J connectivity index is 1.53. The molecular formula is C40H41NO13. The van der Waals surface area contributed by atoms with Crippen LogP contribution >= 0.6 is 0 Å². The molecule has 0 aromatic heterocycles. The first-order valence-electron chi connectivity index (χ1n) is 17.2. The number of aliphatic hydroxyl groups is 2. The van der Waals surface area contributed by atoms with Crippen molar-refractivity contribution in [2.45, 2.75) is 54.8 Å². The molecule has 7 atom stereocenters. The van der Waals surface area contributed by atoms with Crippen molar-refractivity contribution < 1.29 is 64.3 Å². The van der Waals surface area contributed by atoms with Crippen molar-refractivity contribution in [1.29, 1.82) is 0 Å². The minimum Gasteiger partial charge on any atom is -0.504 e. The third-order valence-electron chi connectivity index (χ3n) is 10.7. The van der Waals surface area contributed by atoms with Crippen LogP contribution in [0, 0.1) is 11.8 Å². The zero-order valence-corrected chi connectivity index (χ0v) is 29.4. The molecule has 8 N–H and O–H groups in total. The van der Waals surface area contributed by atoms with E-state index in [1.165, 1.54) is 61.7 Å². The molecular weight excluding hydrogens is 702 g/mol. The largest absolute Gasteiger partial charge is 0.504 e. The van der Waals surface area contributed by atoms with Crippen molar-refractivity contribution in [3.8, 4) is 23.0 Å². The highest BCUT2D eigenvalue weighted by atomic mass is 16.6. The maximum atomic E-state index is 14.0. The second-order valence-corrected chi connectivity index (χ2v) is 13.7. The molecule has 2 fully saturated rings. The number of carbonyl (C=O) groups is 3. The number of ether oxygens (including phenoxy) is 3. The van der Waals surface area contributed by atoms with Gasteiger partial charge in [0.05, 0.1) is 6.61 Å². The predicted molar refractivity (Wildman–Crippen MR) is 192 cm³/mol. The summed E-state index contributed by atoms with van der Waals surface area (Å²) in [7, 11) is 1.39. The second kappa shape index (κ2) is 14.3. The van der Waals surface area contributed by atoms with Crippen molar-refractivity contribution in [3.63, 3.8) is 0 Å². The molecule has 284 valence electrons. The fourth-order valence-corrected chi connectivity index (χ4v) is 7.94. The van der Waals surface area contributed by atoms with E-state index in [-0.39, 0.29) is 29.9 Å². The van der Waals surface area contributed by atoms with E-state index >= 15 is 0 Å². The van der Waals surface area contributed by atoms with E-state index in [1.807, 2.05) is 19.1 Å². The van der Waals surface area contributed by atoms with Crippen LogP contribution in [0.1, 0.15) is 35.6 Å². The van der Waals surface area contributed by atoms with Crippen LogP contribution in [0.25, 0.3) is 12.2 Å². The summed E-state index contributed by atoms with van der Waals surface area (Å²) in [4.78, 5) is 41.1. The molecule has 3 aromatic carbocycles. The lowest BCUT2D eigenvalue weighted by Crippen LogP contribution is -2.90. The van der Waals surface area contributed by atoms with Gasteiger partial charge in [-0.25, -0.2) is 14.4 Å². The van der Waals surface area contributed by atoms with Gasteiger partial charge < -0.3 is 50.0 Å². The lowest BCUT2D eigenvalue weighted by atomic mass is 9.49. The average molecular weight is 744 g/mol. The van der Waals surface area contributed by atoms with E-state index in [0.717, 1.165) is 17.7 Å². The van der Waals surface area contributed by atoms with Gasteiger partial charge in [-0.1, -0.05) is 55.5 Å². The smallest absolute Gasteiger partial charge is 0.336 e. The fourth-order valence-electron chi connectivity index (χ4n) is 7.94. The summed E-state index contributed by atoms with van der Waals surface area (Å²) in [6.07, 6.45) is 5.18. The zero-order valence-electron chi connectivity index (χ0n) is 29.4. The summed E-state index contributed by atoms with van der Waals surface area (Å²) in [5.41, 5.74) is -7.52. The van der Waals surface area contributed by atoms with Crippen molar-refractivity contribution >= 4 is 30.1 Å². The quantitative estimate of drug-likeness (QED) is 0.0464. The molecule has 14 heteroatoms. The van der Waals surface area contributed by atoms with Crippen molar-refractivity contribution in [1.82, 2.24) is 5.32 Å². The third kappa shape index (κ3) is 6.36. The van der Waals surface area contributed by atoms with E-state index in [9.17, 15) is 50.1 Å². The minimum atomic E-state index is -2.70. The number of esters is 2. The maximum Gasteiger partial charge on any atom is 0.336 e. The predicted octanol–water partition coefficient (Wildman–Crippen LogP) is 2.93. The third-order valence-corrected chi connectivity index (χ3v) is 10.7. The first-order chi connectivity index (χ1) is 25.6. The van der Waals surface area contributed by atoms with Gasteiger partial charge in [-0.05, 0) is 78.6 Å². The molecule has 2 bridgehead atoms. The van der Waals surface area contributed by atoms with Gasteiger partial charge in [-0.15, -0.1) is 0 Å². The molecule has 3 aromatic rings. The van der Waals surface area contributed by atoms with Crippen molar-refractivity contribution in [2.75, 3.05) is 13.7 Å². The van der Waals surface area contributed by atoms with Crippen molar-refractivity contribution in [2.24, 2.45) is 11.8 Å². The molecule has 0 unspecified atom stereocenters. The molecule has 0 amide bonds. The summed E-state index contributed by atoms with van der Waals surface area (Å²) in [6, 6.07) is 14.8. The molecule has 7 rings (SSSR count). The number of carboxylic acids is 1. The number of nitrogens with one attached hydrogen (secondary N) is 1. The van der Waals surface area contributed by atoms with Gasteiger partial charge in [0, 0.05) is 30.4 Å². The lowest BCUT2D eigenvalue weighted by Gasteiger charge is -2.68. The Morgan fingerprint density at radius 3 is 2.02 bits per heavy atom. The summed E-state index contributed by atoms with van der Waals surface area (Å²) in [5, 5.41) is 78.0. The first-order valence-corrected chi connectivity index (χ1v) is 17.2. The Hall–Kier alpha value is -5.67. The molecule has 0 radical (unpaired) electrons. The number of benzene rings is 3. The topological polar surface area (TPSA) is 233 Å². The van der Waals surface area contributed by atoms with Gasteiger partial charge in [0.1, 0.15) is 5.60 Å². The highest BCUT2D eigenvalue weighted by Gasteiger charge is 2.83. The molecule has 2 heterocycles. The first kappa shape index (κ1) is 38.1. The summed E-state index contributed by atoms with van der Waals surface area (Å²) in [6.45, 7) is 1.73. The SMILES string of the molecule is CCc1cccc(C[C@@H]2[C@@H](OC(=O)/C=C/c3ccc(O)c(O)c3)[C@@]3(OC(=O)/C=C/c4ccc(O)c(O)c4)[C@@]4(C=C[C@@H](CO4)[C@@]3(O)NC)C[C@]2(O)C(=O)O)c1. The van der Waals surface area contributed by atoms with Gasteiger partial charge in [-0.2, -0.15) is 0 Å². The second-order valence-electron chi connectivity index (χ2n) is 13.7. The Morgan fingerprint density at radius 1 is 0.870 bits per heavy atom. The average Bonchev–Trinajstić information content (AvgIpc) is 3.15. The lowest BCUT2D eigenvalue weighted by molar-refractivity contribution is -0.377. The van der Waals surface area contributed by atoms with E-state index in [4.69, 9.17) is 14.2 Å². The standard InChI is InChI=1S/C40H41NO13/c1-3-23-5-4-6-26(17-23)18-28-35(53-33(46)13-9-24-7-11-29(42)31(44)19-24)39(54-34(47)14-10-25-8-12-30(43)32(45)20-25)37(22-38(28,50)36(48)49)16-15-27(21-52-37)40(39,51)41-2/h4-17,19-20,27-28,35,41-45,50-51H,3,18,21-22H2,1-2H3,(H,48,49)/b13-9+,14-10+/t27-,28+,35+,37+,38+,39+,40-/m0/s1. The molecule has 14 nitrogen and oxygen atoms in total. The van der Waals surface area contributed by atoms with Gasteiger partial charge in [0.2, 0.25) is 5.60 Å². The highest BCUT2D eigenvalue weighted by Crippen LogP contribution is 2.62. The van der Waals surface area contributed by atoms with Crippen LogP contribution in [-0.4, -0.2) is 95.9 Å². The summed E-state index contributed by atoms with van der Waals surface area (Å²) >= 11 is 0. The molecule has 54 heavy (non-hydrogen) atoms. The van der Waals surface area contributed by atoms with Crippen LogP contribution in [0.4, 0.5) is 0 Å². The Bertz CT molecular complexity index is 2060. The number of hydrogen-bond donors (Lipinski definition) is 8. The van der Waals surface area contributed by atoms with E-state index in [2.05, 4.69) is 5.32 Å². The molecule has 2 aliphatic carbocycles. The monoisotopic (exact) mass is 743 g/mol. The van der Waals surface area contributed by atoms with E-state index in [1.54, 1.807) is 18.2 Å². The van der Waals surface area contributed by atoms with Gasteiger partial charge in [0.15, 0.2) is 40.4 Å². The molecule has 4 aliphatic rings. The molecule has 2 aliphatic heterocycles. The Morgan fingerprint density at radius 2 is 1.48 bits per heavy atom. The van der Waals surface area contributed by atoms with Crippen molar-refractivity contribution in [3.05, 3.63) is 107 Å². The zero-order chi connectivity index (χ0) is 39.1. The van der Waals surface area contributed by atoms with Crippen LogP contribution in [0.3, 0.4) is 0 Å². The van der Waals surface area contributed by atoms with Crippen LogP contribution < -0.4 is 5.32 Å². The number of phenolic OH excluding ortho intramolecular Hbond substituents is 4. The number of aryl methyl sites for hydroxylation is 1. The Kier molecular flexibility index (Phi) is 10.1. The van der Waals surface area contributed by atoms with E-state index in [0.29, 0.717) is 12.0 Å². The van der Waals surface area contributed by atoms with Crippen LogP contribution in [0.15, 0.2) is 85.0 Å². The van der Waals surface area contributed by atoms with E-state index < -0.39 is 82.0 Å². The van der Waals surface area contributed by atoms with Crippen LogP contribution in [-0.2, 0) is 41.4 Å². The van der Waals surface area contributed by atoms with Gasteiger partial charge in [-0.3, -0.25) is 5.32 Å². The number of carboxylic acid groups (broad SMARTS) is 1. The van der Waals surface area contributed by atoms with Gasteiger partial charge >= 0.3 is 17.9 Å². The number of rotatable bonds is 11. The number of phenols is 4.